The minimum atomic E-state index is -3.29. The van der Waals surface area contributed by atoms with E-state index >= 15 is 0 Å². The van der Waals surface area contributed by atoms with Crippen molar-refractivity contribution < 1.29 is 13.2 Å². The van der Waals surface area contributed by atoms with Crippen LogP contribution in [0.5, 0.6) is 0 Å². The summed E-state index contributed by atoms with van der Waals surface area (Å²) in [6.07, 6.45) is 0.338. The van der Waals surface area contributed by atoms with Crippen LogP contribution >= 0.6 is 0 Å². The van der Waals surface area contributed by atoms with E-state index in [2.05, 4.69) is 0 Å². The summed E-state index contributed by atoms with van der Waals surface area (Å²) in [4.78, 5) is 11.5. The van der Waals surface area contributed by atoms with Gasteiger partial charge in [-0.05, 0) is 19.8 Å². The van der Waals surface area contributed by atoms with Crippen LogP contribution in [0.2, 0.25) is 0 Å². The van der Waals surface area contributed by atoms with Gasteiger partial charge < -0.3 is 0 Å². The lowest BCUT2D eigenvalue weighted by Crippen LogP contribution is -2.47. The summed E-state index contributed by atoms with van der Waals surface area (Å²) < 4.78 is 25.3. The first-order valence-electron chi connectivity index (χ1n) is 5.22. The van der Waals surface area contributed by atoms with Crippen LogP contribution in [-0.4, -0.2) is 36.3 Å². The first-order valence-corrected chi connectivity index (χ1v) is 6.82. The van der Waals surface area contributed by atoms with E-state index < -0.39 is 15.6 Å². The van der Waals surface area contributed by atoms with Crippen molar-refractivity contribution >= 4 is 15.8 Å². The molecule has 0 aromatic carbocycles. The highest BCUT2D eigenvalue weighted by Gasteiger charge is 2.46. The van der Waals surface area contributed by atoms with Crippen molar-refractivity contribution in [1.29, 1.82) is 0 Å². The molecule has 1 saturated heterocycles. The van der Waals surface area contributed by atoms with Crippen molar-refractivity contribution in [2.45, 2.75) is 39.7 Å². The molecule has 0 aromatic rings. The number of rotatable bonds is 3. The largest absolute Gasteiger partial charge is 0.298 e. The van der Waals surface area contributed by atoms with E-state index in [9.17, 15) is 13.2 Å². The molecule has 0 amide bonds. The standard InChI is InChI=1S/C10H19NO3S/c1-8(2)7-15(13,14)11-6-5-9(12)10(11,3)4/h8H,5-7H2,1-4H3. The van der Waals surface area contributed by atoms with Gasteiger partial charge in [0.05, 0.1) is 11.3 Å². The Balaban J connectivity index is 2.95. The van der Waals surface area contributed by atoms with Crippen LogP contribution in [0.1, 0.15) is 34.1 Å². The van der Waals surface area contributed by atoms with Gasteiger partial charge in [-0.25, -0.2) is 8.42 Å². The van der Waals surface area contributed by atoms with Crippen LogP contribution in [0.4, 0.5) is 0 Å². The molecule has 0 aliphatic carbocycles. The Bertz CT molecular complexity index is 357. The predicted molar refractivity (Wildman–Crippen MR) is 59.0 cm³/mol. The summed E-state index contributed by atoms with van der Waals surface area (Å²) in [7, 11) is -3.29. The third-order valence-corrected chi connectivity index (χ3v) is 5.13. The number of sulfonamides is 1. The van der Waals surface area contributed by atoms with Gasteiger partial charge in [-0.15, -0.1) is 0 Å². The molecule has 0 saturated carbocycles. The van der Waals surface area contributed by atoms with Crippen LogP contribution in [0, 0.1) is 5.92 Å². The van der Waals surface area contributed by atoms with Gasteiger partial charge in [0.25, 0.3) is 0 Å². The third kappa shape index (κ3) is 2.39. The van der Waals surface area contributed by atoms with E-state index in [1.165, 1.54) is 4.31 Å². The van der Waals surface area contributed by atoms with Gasteiger partial charge in [-0.1, -0.05) is 13.8 Å². The Kier molecular flexibility index (Phi) is 3.26. The molecule has 1 aliphatic heterocycles. The minimum absolute atomic E-state index is 0.00910. The number of Topliss-reactive ketones (excluding diaryl/α,β-unsaturated/α-hetero) is 1. The normalized spacial score (nSPS) is 22.6. The fourth-order valence-electron chi connectivity index (χ4n) is 1.93. The molecule has 1 rings (SSSR count). The van der Waals surface area contributed by atoms with Crippen molar-refractivity contribution in [1.82, 2.24) is 4.31 Å². The van der Waals surface area contributed by atoms with E-state index in [0.29, 0.717) is 13.0 Å². The summed E-state index contributed by atoms with van der Waals surface area (Å²) in [5, 5.41) is 0. The Labute approximate surface area is 91.7 Å². The Morgan fingerprint density at radius 2 is 1.93 bits per heavy atom. The second-order valence-corrected chi connectivity index (χ2v) is 6.91. The summed E-state index contributed by atoms with van der Waals surface area (Å²) >= 11 is 0. The molecule has 4 nitrogen and oxygen atoms in total. The molecule has 0 bridgehead atoms. The second kappa shape index (κ2) is 3.87. The van der Waals surface area contributed by atoms with Crippen molar-refractivity contribution in [3.63, 3.8) is 0 Å². The molecule has 0 unspecified atom stereocenters. The van der Waals surface area contributed by atoms with Gasteiger partial charge >= 0.3 is 0 Å². The van der Waals surface area contributed by atoms with E-state index in [0.717, 1.165) is 0 Å². The summed E-state index contributed by atoms with van der Waals surface area (Å²) in [6.45, 7) is 7.42. The Hall–Kier alpha value is -0.420. The van der Waals surface area contributed by atoms with Gasteiger partial charge in [-0.2, -0.15) is 4.31 Å². The highest BCUT2D eigenvalue weighted by atomic mass is 32.2. The first-order chi connectivity index (χ1) is 6.68. The Morgan fingerprint density at radius 3 is 2.27 bits per heavy atom. The van der Waals surface area contributed by atoms with Gasteiger partial charge in [0.15, 0.2) is 5.78 Å². The molecular formula is C10H19NO3S. The SMILES string of the molecule is CC(C)CS(=O)(=O)N1CCC(=O)C1(C)C. The highest BCUT2D eigenvalue weighted by Crippen LogP contribution is 2.28. The maximum absolute atomic E-state index is 12.0. The molecule has 1 heterocycles. The van der Waals surface area contributed by atoms with Crippen molar-refractivity contribution in [3.8, 4) is 0 Å². The second-order valence-electron chi connectivity index (χ2n) is 4.98. The van der Waals surface area contributed by atoms with Crippen molar-refractivity contribution in [2.75, 3.05) is 12.3 Å². The smallest absolute Gasteiger partial charge is 0.215 e. The van der Waals surface area contributed by atoms with Crippen molar-refractivity contribution in [2.24, 2.45) is 5.92 Å². The van der Waals surface area contributed by atoms with Crippen molar-refractivity contribution in [3.05, 3.63) is 0 Å². The molecule has 88 valence electrons. The summed E-state index contributed by atoms with van der Waals surface area (Å²) in [5.74, 6) is 0.209. The zero-order valence-corrected chi connectivity index (χ0v) is 10.6. The fraction of sp³-hybridized carbons (Fsp3) is 0.900. The van der Waals surface area contributed by atoms with Crippen LogP contribution in [-0.2, 0) is 14.8 Å². The number of nitrogens with zero attached hydrogens (tertiary/aromatic N) is 1. The molecule has 15 heavy (non-hydrogen) atoms. The van der Waals surface area contributed by atoms with Gasteiger partial charge in [0, 0.05) is 13.0 Å². The minimum Gasteiger partial charge on any atom is -0.298 e. The third-order valence-electron chi connectivity index (χ3n) is 2.73. The lowest BCUT2D eigenvalue weighted by molar-refractivity contribution is -0.122. The van der Waals surface area contributed by atoms with E-state index in [1.807, 2.05) is 13.8 Å². The lowest BCUT2D eigenvalue weighted by Gasteiger charge is -2.29. The molecule has 0 atom stereocenters. The molecule has 0 N–H and O–H groups in total. The van der Waals surface area contributed by atoms with Gasteiger partial charge in [0.2, 0.25) is 10.0 Å². The van der Waals surface area contributed by atoms with Crippen LogP contribution in [0.3, 0.4) is 0 Å². The average Bonchev–Trinajstić information content (AvgIpc) is 2.24. The predicted octanol–water partition coefficient (Wildman–Crippen LogP) is 1.03. The average molecular weight is 233 g/mol. The number of carbonyl (C=O) groups excluding carboxylic acids is 1. The van der Waals surface area contributed by atoms with Crippen LogP contribution in [0.25, 0.3) is 0 Å². The molecule has 5 heteroatoms. The lowest BCUT2D eigenvalue weighted by atomic mass is 10.0. The summed E-state index contributed by atoms with van der Waals surface area (Å²) in [6, 6.07) is 0. The molecule has 0 radical (unpaired) electrons. The quantitative estimate of drug-likeness (QED) is 0.731. The van der Waals surface area contributed by atoms with Crippen LogP contribution in [0.15, 0.2) is 0 Å². The van der Waals surface area contributed by atoms with E-state index in [-0.39, 0.29) is 17.5 Å². The highest BCUT2D eigenvalue weighted by molar-refractivity contribution is 7.89. The van der Waals surface area contributed by atoms with E-state index in [1.54, 1.807) is 13.8 Å². The molecule has 1 fully saturated rings. The first kappa shape index (κ1) is 12.6. The van der Waals surface area contributed by atoms with Gasteiger partial charge in [-0.3, -0.25) is 4.79 Å². The number of hydrogen-bond acceptors (Lipinski definition) is 3. The monoisotopic (exact) mass is 233 g/mol. The van der Waals surface area contributed by atoms with Crippen LogP contribution < -0.4 is 0 Å². The topological polar surface area (TPSA) is 54.5 Å². The molecular weight excluding hydrogens is 214 g/mol. The zero-order chi connectivity index (χ0) is 11.9. The number of hydrogen-bond donors (Lipinski definition) is 0. The molecule has 1 aliphatic rings. The van der Waals surface area contributed by atoms with Gasteiger partial charge in [0.1, 0.15) is 0 Å². The maximum Gasteiger partial charge on any atom is 0.215 e. The maximum atomic E-state index is 12.0. The molecule has 0 spiro atoms. The fourth-order valence-corrected chi connectivity index (χ4v) is 4.11. The molecule has 0 aromatic heterocycles. The number of carbonyl (C=O) groups is 1. The Morgan fingerprint density at radius 1 is 1.40 bits per heavy atom. The number of ketones is 1. The van der Waals surface area contributed by atoms with E-state index in [4.69, 9.17) is 0 Å². The zero-order valence-electron chi connectivity index (χ0n) is 9.78. The summed E-state index contributed by atoms with van der Waals surface area (Å²) in [5.41, 5.74) is -0.853.